The van der Waals surface area contributed by atoms with Gasteiger partial charge < -0.3 is 14.9 Å². The van der Waals surface area contributed by atoms with Crippen LogP contribution in [0, 0.1) is 0 Å². The van der Waals surface area contributed by atoms with Crippen LogP contribution in [-0.4, -0.2) is 17.0 Å². The monoisotopic (exact) mass is 204 g/mol. The summed E-state index contributed by atoms with van der Waals surface area (Å²) < 4.78 is 6.71. The molecule has 0 amide bonds. The van der Waals surface area contributed by atoms with E-state index in [1.54, 1.807) is 13.1 Å². The van der Waals surface area contributed by atoms with E-state index in [2.05, 4.69) is 0 Å². The molecule has 0 aliphatic heterocycles. The van der Waals surface area contributed by atoms with Crippen LogP contribution in [0.4, 0.5) is 5.69 Å². The van der Waals surface area contributed by atoms with Crippen molar-refractivity contribution >= 4 is 17.2 Å². The number of pyridine rings is 1. The van der Waals surface area contributed by atoms with Gasteiger partial charge in [-0.3, -0.25) is 0 Å². The molecule has 0 aliphatic rings. The molecule has 2 rings (SSSR count). The molecule has 0 fully saturated rings. The fourth-order valence-corrected chi connectivity index (χ4v) is 1.52. The second-order valence-corrected chi connectivity index (χ2v) is 3.17. The minimum Gasteiger partial charge on any atom is -0.462 e. The van der Waals surface area contributed by atoms with Crippen molar-refractivity contribution in [1.29, 1.82) is 0 Å². The van der Waals surface area contributed by atoms with Gasteiger partial charge in [0, 0.05) is 12.4 Å². The lowest BCUT2D eigenvalue weighted by Gasteiger charge is -1.99. The van der Waals surface area contributed by atoms with Crippen molar-refractivity contribution in [3.8, 4) is 0 Å². The predicted molar refractivity (Wildman–Crippen MR) is 57.8 cm³/mol. The van der Waals surface area contributed by atoms with Crippen molar-refractivity contribution in [3.63, 3.8) is 0 Å². The van der Waals surface area contributed by atoms with E-state index in [0.717, 1.165) is 5.52 Å². The van der Waals surface area contributed by atoms with Crippen molar-refractivity contribution in [2.45, 2.75) is 6.92 Å². The van der Waals surface area contributed by atoms with Crippen LogP contribution in [0.5, 0.6) is 0 Å². The molecule has 78 valence electrons. The first-order valence-electron chi connectivity index (χ1n) is 4.76. The molecule has 15 heavy (non-hydrogen) atoms. The van der Waals surface area contributed by atoms with E-state index >= 15 is 0 Å². The maximum atomic E-state index is 11.5. The van der Waals surface area contributed by atoms with Crippen LogP contribution in [0.1, 0.15) is 17.3 Å². The van der Waals surface area contributed by atoms with Gasteiger partial charge in [0.2, 0.25) is 0 Å². The molecule has 2 aromatic rings. The number of hydrogen-bond acceptors (Lipinski definition) is 3. The number of carbonyl (C=O) groups excluding carboxylic acids is 1. The molecule has 4 nitrogen and oxygen atoms in total. The van der Waals surface area contributed by atoms with Gasteiger partial charge in [-0.05, 0) is 19.1 Å². The summed E-state index contributed by atoms with van der Waals surface area (Å²) in [6.07, 6.45) is 3.52. The number of anilines is 1. The fraction of sp³-hybridized carbons (Fsp3) is 0.182. The number of nitrogens with zero attached hydrogens (tertiary/aromatic N) is 1. The summed E-state index contributed by atoms with van der Waals surface area (Å²) in [5.74, 6) is -0.376. The Hall–Kier alpha value is -1.97. The summed E-state index contributed by atoms with van der Waals surface area (Å²) in [5.41, 5.74) is 7.55. The number of ether oxygens (including phenoxy) is 1. The highest BCUT2D eigenvalue weighted by atomic mass is 16.5. The summed E-state index contributed by atoms with van der Waals surface area (Å²) in [5, 5.41) is 0. The van der Waals surface area contributed by atoms with Crippen molar-refractivity contribution in [2.75, 3.05) is 12.3 Å². The molecular formula is C11H12N2O2. The van der Waals surface area contributed by atoms with E-state index in [4.69, 9.17) is 10.5 Å². The highest BCUT2D eigenvalue weighted by Gasteiger charge is 2.14. The molecule has 0 saturated heterocycles. The summed E-state index contributed by atoms with van der Waals surface area (Å²) in [6, 6.07) is 5.61. The number of hydrogen-bond donors (Lipinski definition) is 1. The zero-order valence-electron chi connectivity index (χ0n) is 8.43. The number of nitrogens with two attached hydrogens (primary N) is 1. The van der Waals surface area contributed by atoms with Crippen LogP contribution in [0.2, 0.25) is 0 Å². The molecule has 0 aliphatic carbocycles. The molecule has 0 radical (unpaired) electrons. The van der Waals surface area contributed by atoms with Gasteiger partial charge in [-0.1, -0.05) is 6.07 Å². The van der Waals surface area contributed by atoms with E-state index in [0.29, 0.717) is 17.9 Å². The molecular weight excluding hydrogens is 192 g/mol. The summed E-state index contributed by atoms with van der Waals surface area (Å²) in [6.45, 7) is 2.12. The molecule has 2 N–H and O–H groups in total. The lowest BCUT2D eigenvalue weighted by Crippen LogP contribution is -2.05. The number of rotatable bonds is 2. The first-order chi connectivity index (χ1) is 7.24. The number of carbonyl (C=O) groups is 1. The Labute approximate surface area is 87.3 Å². The summed E-state index contributed by atoms with van der Waals surface area (Å²) in [4.78, 5) is 11.5. The van der Waals surface area contributed by atoms with Gasteiger partial charge in [0.05, 0.1) is 17.8 Å². The maximum absolute atomic E-state index is 11.5. The molecule has 0 unspecified atom stereocenters. The minimum atomic E-state index is -0.376. The van der Waals surface area contributed by atoms with E-state index in [-0.39, 0.29) is 5.97 Å². The largest absolute Gasteiger partial charge is 0.462 e. The van der Waals surface area contributed by atoms with Crippen LogP contribution < -0.4 is 5.73 Å². The fourth-order valence-electron chi connectivity index (χ4n) is 1.52. The highest BCUT2D eigenvalue weighted by Crippen LogP contribution is 2.21. The smallest absolute Gasteiger partial charge is 0.341 e. The standard InChI is InChI=1S/C11H12N2O2/c1-2-15-11(14)8-7-13-6-4-3-5-9(13)10(8)12/h3-7H,2,12H2,1H3. The van der Waals surface area contributed by atoms with Crippen LogP contribution in [0.25, 0.3) is 5.52 Å². The molecule has 0 aromatic carbocycles. The summed E-state index contributed by atoms with van der Waals surface area (Å²) in [7, 11) is 0. The first-order valence-corrected chi connectivity index (χ1v) is 4.76. The van der Waals surface area contributed by atoms with Gasteiger partial charge in [-0.15, -0.1) is 0 Å². The number of fused-ring (bicyclic) bond motifs is 1. The SMILES string of the molecule is CCOC(=O)c1cn2ccccc2c1N. The third-order valence-electron chi connectivity index (χ3n) is 2.22. The zero-order valence-corrected chi connectivity index (χ0v) is 8.43. The van der Waals surface area contributed by atoms with Gasteiger partial charge in [0.15, 0.2) is 0 Å². The highest BCUT2D eigenvalue weighted by molar-refractivity contribution is 5.99. The Balaban J connectivity index is 2.53. The summed E-state index contributed by atoms with van der Waals surface area (Å²) >= 11 is 0. The Morgan fingerprint density at radius 2 is 2.33 bits per heavy atom. The van der Waals surface area contributed by atoms with Crippen molar-refractivity contribution in [1.82, 2.24) is 4.40 Å². The normalized spacial score (nSPS) is 10.5. The van der Waals surface area contributed by atoms with Gasteiger partial charge in [-0.25, -0.2) is 4.79 Å². The molecule has 4 heteroatoms. The zero-order chi connectivity index (χ0) is 10.8. The molecule has 0 bridgehead atoms. The van der Waals surface area contributed by atoms with Crippen LogP contribution in [0.3, 0.4) is 0 Å². The molecule has 0 atom stereocenters. The third-order valence-corrected chi connectivity index (χ3v) is 2.22. The Morgan fingerprint density at radius 3 is 3.00 bits per heavy atom. The lowest BCUT2D eigenvalue weighted by atomic mass is 10.2. The average molecular weight is 204 g/mol. The maximum Gasteiger partial charge on any atom is 0.341 e. The van der Waals surface area contributed by atoms with Gasteiger partial charge in [0.1, 0.15) is 5.56 Å². The first kappa shape index (κ1) is 9.58. The Kier molecular flexibility index (Phi) is 2.33. The van der Waals surface area contributed by atoms with Gasteiger partial charge in [-0.2, -0.15) is 0 Å². The topological polar surface area (TPSA) is 56.7 Å². The lowest BCUT2D eigenvalue weighted by molar-refractivity contribution is 0.0527. The quantitative estimate of drug-likeness (QED) is 0.757. The molecule has 2 aromatic heterocycles. The van der Waals surface area contributed by atoms with E-state index in [9.17, 15) is 4.79 Å². The van der Waals surface area contributed by atoms with Crippen LogP contribution in [0.15, 0.2) is 30.6 Å². The predicted octanol–water partition coefficient (Wildman–Crippen LogP) is 1.70. The Bertz CT molecular complexity index is 502. The van der Waals surface area contributed by atoms with Crippen molar-refractivity contribution in [2.24, 2.45) is 0 Å². The number of nitrogen functional groups attached to an aromatic ring is 1. The van der Waals surface area contributed by atoms with Crippen molar-refractivity contribution in [3.05, 3.63) is 36.2 Å². The second-order valence-electron chi connectivity index (χ2n) is 3.17. The van der Waals surface area contributed by atoms with Gasteiger partial charge >= 0.3 is 5.97 Å². The van der Waals surface area contributed by atoms with E-state index < -0.39 is 0 Å². The van der Waals surface area contributed by atoms with Crippen molar-refractivity contribution < 1.29 is 9.53 Å². The molecule has 2 heterocycles. The van der Waals surface area contributed by atoms with E-state index in [1.807, 2.05) is 28.8 Å². The van der Waals surface area contributed by atoms with Gasteiger partial charge in [0.25, 0.3) is 0 Å². The second kappa shape index (κ2) is 3.65. The average Bonchev–Trinajstić information content (AvgIpc) is 2.57. The molecule has 0 saturated carbocycles. The minimum absolute atomic E-state index is 0.352. The third kappa shape index (κ3) is 1.54. The van der Waals surface area contributed by atoms with Crippen LogP contribution >= 0.6 is 0 Å². The van der Waals surface area contributed by atoms with Crippen LogP contribution in [-0.2, 0) is 4.74 Å². The number of esters is 1. The number of aromatic nitrogens is 1. The van der Waals surface area contributed by atoms with E-state index in [1.165, 1.54) is 0 Å². The molecule has 0 spiro atoms. The Morgan fingerprint density at radius 1 is 1.53 bits per heavy atom.